The minimum Gasteiger partial charge on any atom is -0.494 e. The highest BCUT2D eigenvalue weighted by molar-refractivity contribution is 5.99. The molecule has 3 aliphatic heterocycles. The summed E-state index contributed by atoms with van der Waals surface area (Å²) in [5, 5.41) is 0. The van der Waals surface area contributed by atoms with E-state index in [4.69, 9.17) is 4.74 Å². The lowest BCUT2D eigenvalue weighted by Gasteiger charge is -2.29. The summed E-state index contributed by atoms with van der Waals surface area (Å²) in [6, 6.07) is 5.22. The van der Waals surface area contributed by atoms with Gasteiger partial charge < -0.3 is 14.5 Å². The van der Waals surface area contributed by atoms with E-state index >= 15 is 0 Å². The molecule has 1 aromatic carbocycles. The number of hydrogen-bond acceptors (Lipinski definition) is 4. The minimum atomic E-state index is -0.456. The Morgan fingerprint density at radius 3 is 2.67 bits per heavy atom. The van der Waals surface area contributed by atoms with E-state index in [0.717, 1.165) is 30.9 Å². The largest absolute Gasteiger partial charge is 0.494 e. The maximum absolute atomic E-state index is 14.2. The van der Waals surface area contributed by atoms with E-state index in [0.29, 0.717) is 17.2 Å². The van der Waals surface area contributed by atoms with Crippen molar-refractivity contribution >= 4 is 11.5 Å². The number of hydrogen-bond donors (Lipinski definition) is 0. The van der Waals surface area contributed by atoms with Gasteiger partial charge in [-0.15, -0.1) is 0 Å². The van der Waals surface area contributed by atoms with Gasteiger partial charge in [0, 0.05) is 37.1 Å². The number of rotatable bonds is 4. The van der Waals surface area contributed by atoms with Crippen LogP contribution in [-0.2, 0) is 4.79 Å². The van der Waals surface area contributed by atoms with Gasteiger partial charge in [0.1, 0.15) is 0 Å². The Morgan fingerprint density at radius 1 is 1.17 bits per heavy atom. The van der Waals surface area contributed by atoms with Crippen molar-refractivity contribution in [1.29, 1.82) is 0 Å². The van der Waals surface area contributed by atoms with E-state index in [-0.39, 0.29) is 11.7 Å². The first-order valence-electron chi connectivity index (χ1n) is 10.0. The fraction of sp³-hybridized carbons (Fsp3) is 0.292. The number of fused-ring (bicyclic) bond motifs is 1. The molecule has 3 heterocycles. The Morgan fingerprint density at radius 2 is 1.97 bits per heavy atom. The van der Waals surface area contributed by atoms with Crippen LogP contribution in [0.15, 0.2) is 72.2 Å². The lowest BCUT2D eigenvalue weighted by molar-refractivity contribution is -0.122. The molecule has 0 aromatic heterocycles. The first-order chi connectivity index (χ1) is 14.5. The van der Waals surface area contributed by atoms with Crippen LogP contribution in [0.4, 0.5) is 4.39 Å². The molecule has 0 bridgehead atoms. The molecule has 1 atom stereocenters. The molecular weight excluding hydrogens is 381 g/mol. The maximum Gasteiger partial charge on any atom is 0.255 e. The van der Waals surface area contributed by atoms with Crippen LogP contribution >= 0.6 is 0 Å². The Hall–Kier alpha value is -3.12. The Bertz CT molecular complexity index is 1000. The molecule has 0 unspecified atom stereocenters. The summed E-state index contributed by atoms with van der Waals surface area (Å²) in [7, 11) is 5.63. The zero-order valence-corrected chi connectivity index (χ0v) is 17.5. The highest BCUT2D eigenvalue weighted by Crippen LogP contribution is 2.28. The summed E-state index contributed by atoms with van der Waals surface area (Å²) in [5.41, 5.74) is 3.11. The number of allylic oxidation sites excluding steroid dienone is 6. The zero-order chi connectivity index (χ0) is 21.3. The van der Waals surface area contributed by atoms with Gasteiger partial charge in [-0.3, -0.25) is 9.69 Å². The number of amides is 1. The minimum absolute atomic E-state index is 0.165. The normalized spacial score (nSPS) is 22.9. The fourth-order valence-electron chi connectivity index (χ4n) is 3.94. The van der Waals surface area contributed by atoms with Crippen LogP contribution in [0.3, 0.4) is 0 Å². The molecule has 0 radical (unpaired) electrons. The second-order valence-corrected chi connectivity index (χ2v) is 7.85. The third-order valence-corrected chi connectivity index (χ3v) is 5.77. The predicted molar refractivity (Wildman–Crippen MR) is 116 cm³/mol. The topological polar surface area (TPSA) is 36.0 Å². The SMILES string of the molecule is COc1ccc(C2=CC(=O)N3C=C(N4CC[C@@H](N(C)C)C4)C=C/C3=C\C=C2)cc1F. The number of benzene rings is 1. The first kappa shape index (κ1) is 20.2. The van der Waals surface area contributed by atoms with E-state index in [1.165, 1.54) is 13.2 Å². The lowest BCUT2D eigenvalue weighted by Crippen LogP contribution is -2.33. The first-order valence-corrected chi connectivity index (χ1v) is 10.0. The second-order valence-electron chi connectivity index (χ2n) is 7.85. The van der Waals surface area contributed by atoms with E-state index in [1.807, 2.05) is 30.5 Å². The molecule has 4 rings (SSSR count). The van der Waals surface area contributed by atoms with Crippen molar-refractivity contribution in [2.24, 2.45) is 0 Å². The average molecular weight is 407 g/mol. The van der Waals surface area contributed by atoms with Gasteiger partial charge in [0.25, 0.3) is 5.91 Å². The molecule has 6 heteroatoms. The molecule has 0 aliphatic carbocycles. The van der Waals surface area contributed by atoms with Gasteiger partial charge >= 0.3 is 0 Å². The van der Waals surface area contributed by atoms with Crippen LogP contribution in [-0.4, -0.2) is 60.9 Å². The number of methoxy groups -OCH3 is 1. The van der Waals surface area contributed by atoms with Crippen LogP contribution in [0.1, 0.15) is 12.0 Å². The molecule has 1 fully saturated rings. The zero-order valence-electron chi connectivity index (χ0n) is 17.5. The summed E-state index contributed by atoms with van der Waals surface area (Å²) < 4.78 is 19.1. The molecule has 156 valence electrons. The van der Waals surface area contributed by atoms with Crippen LogP contribution in [0, 0.1) is 5.82 Å². The van der Waals surface area contributed by atoms with Gasteiger partial charge in [0.05, 0.1) is 12.8 Å². The number of carbonyl (C=O) groups excluding carboxylic acids is 1. The Balaban J connectivity index is 1.61. The van der Waals surface area contributed by atoms with E-state index in [1.54, 1.807) is 23.1 Å². The molecule has 3 aliphatic rings. The molecule has 0 N–H and O–H groups in total. The number of halogens is 1. The van der Waals surface area contributed by atoms with Crippen LogP contribution in [0.25, 0.3) is 5.57 Å². The molecule has 1 amide bonds. The maximum atomic E-state index is 14.2. The van der Waals surface area contributed by atoms with Gasteiger partial charge in [-0.1, -0.05) is 18.2 Å². The van der Waals surface area contributed by atoms with Gasteiger partial charge in [-0.05, 0) is 62.0 Å². The third-order valence-electron chi connectivity index (χ3n) is 5.77. The number of ether oxygens (including phenoxy) is 1. The monoisotopic (exact) mass is 407 g/mol. The smallest absolute Gasteiger partial charge is 0.255 e. The van der Waals surface area contributed by atoms with Gasteiger partial charge in [-0.25, -0.2) is 4.39 Å². The highest BCUT2D eigenvalue weighted by atomic mass is 19.1. The van der Waals surface area contributed by atoms with Gasteiger partial charge in [0.2, 0.25) is 0 Å². The van der Waals surface area contributed by atoms with Crippen LogP contribution < -0.4 is 4.74 Å². The molecule has 5 nitrogen and oxygen atoms in total. The van der Waals surface area contributed by atoms with E-state index in [2.05, 4.69) is 30.0 Å². The van der Waals surface area contributed by atoms with Crippen LogP contribution in [0.5, 0.6) is 5.75 Å². The molecule has 30 heavy (non-hydrogen) atoms. The van der Waals surface area contributed by atoms with Crippen molar-refractivity contribution < 1.29 is 13.9 Å². The van der Waals surface area contributed by atoms with Gasteiger partial charge in [0.15, 0.2) is 11.6 Å². The van der Waals surface area contributed by atoms with Gasteiger partial charge in [-0.2, -0.15) is 0 Å². The van der Waals surface area contributed by atoms with Crippen LogP contribution in [0.2, 0.25) is 0 Å². The molecule has 1 aromatic rings. The molecule has 1 saturated heterocycles. The predicted octanol–water partition coefficient (Wildman–Crippen LogP) is 3.55. The summed E-state index contributed by atoms with van der Waals surface area (Å²) in [6.45, 7) is 1.91. The fourth-order valence-corrected chi connectivity index (χ4v) is 3.94. The van der Waals surface area contributed by atoms with E-state index < -0.39 is 5.82 Å². The summed E-state index contributed by atoms with van der Waals surface area (Å²) in [5.74, 6) is -0.442. The van der Waals surface area contributed by atoms with Crippen molar-refractivity contribution in [3.8, 4) is 5.75 Å². The molecular formula is C24H26FN3O2. The number of nitrogens with zero attached hydrogens (tertiary/aromatic N) is 3. The summed E-state index contributed by atoms with van der Waals surface area (Å²) in [4.78, 5) is 19.3. The summed E-state index contributed by atoms with van der Waals surface area (Å²) >= 11 is 0. The van der Waals surface area contributed by atoms with Crippen molar-refractivity contribution in [3.63, 3.8) is 0 Å². The molecule has 0 saturated carbocycles. The standard InChI is InChI=1S/C24H26FN3O2/c1-26(2)20-11-12-27(15-20)21-9-8-19-6-4-5-17(14-24(29)28(19)16-21)18-7-10-23(30-3)22(25)13-18/h4-10,13-14,16,20H,11-12,15H2,1-3H3/b5-4?,17-14?,19-6+/t20-/m1/s1. The molecule has 0 spiro atoms. The summed E-state index contributed by atoms with van der Waals surface area (Å²) in [6.07, 6.45) is 14.2. The van der Waals surface area contributed by atoms with Crippen molar-refractivity contribution in [2.45, 2.75) is 12.5 Å². The number of likely N-dealkylation sites (N-methyl/N-ethyl adjacent to an activating group) is 1. The van der Waals surface area contributed by atoms with Crippen molar-refractivity contribution in [3.05, 3.63) is 83.6 Å². The quantitative estimate of drug-likeness (QED) is 0.765. The Kier molecular flexibility index (Phi) is 5.59. The van der Waals surface area contributed by atoms with Crippen molar-refractivity contribution in [1.82, 2.24) is 14.7 Å². The number of carbonyl (C=O) groups is 1. The lowest BCUT2D eigenvalue weighted by atomic mass is 10.0. The second kappa shape index (κ2) is 8.32. The third kappa shape index (κ3) is 3.96. The Labute approximate surface area is 176 Å². The highest BCUT2D eigenvalue weighted by Gasteiger charge is 2.27. The average Bonchev–Trinajstić information content (AvgIpc) is 3.22. The van der Waals surface area contributed by atoms with Crippen molar-refractivity contribution in [2.75, 3.05) is 34.3 Å². The van der Waals surface area contributed by atoms with E-state index in [9.17, 15) is 9.18 Å². The number of likely N-dealkylation sites (tertiary alicyclic amines) is 1.